The van der Waals surface area contributed by atoms with Crippen LogP contribution in [0.1, 0.15) is 19.3 Å². The van der Waals surface area contributed by atoms with Gasteiger partial charge >= 0.3 is 0 Å². The highest BCUT2D eigenvalue weighted by Crippen LogP contribution is 2.15. The van der Waals surface area contributed by atoms with Crippen molar-refractivity contribution < 1.29 is 9.53 Å². The predicted octanol–water partition coefficient (Wildman–Crippen LogP) is 0.233. The van der Waals surface area contributed by atoms with Crippen LogP contribution < -0.4 is 5.32 Å². The maximum absolute atomic E-state index is 11.9. The molecule has 2 unspecified atom stereocenters. The summed E-state index contributed by atoms with van der Waals surface area (Å²) in [6, 6.07) is 0.639. The minimum Gasteiger partial charge on any atom is -0.381 e. The van der Waals surface area contributed by atoms with Crippen molar-refractivity contribution in [2.45, 2.75) is 25.3 Å². The van der Waals surface area contributed by atoms with Gasteiger partial charge in [-0.15, -0.1) is 0 Å². The quantitative estimate of drug-likeness (QED) is 0.725. The van der Waals surface area contributed by atoms with E-state index in [-0.39, 0.29) is 11.8 Å². The van der Waals surface area contributed by atoms with Gasteiger partial charge in [0, 0.05) is 26.2 Å². The molecule has 0 radical (unpaired) electrons. The van der Waals surface area contributed by atoms with E-state index >= 15 is 0 Å². The Morgan fingerprint density at radius 1 is 1.53 bits per heavy atom. The fraction of sp³-hybridized carbons (Fsp3) is 0.909. The van der Waals surface area contributed by atoms with Crippen LogP contribution in [-0.2, 0) is 9.53 Å². The average Bonchev–Trinajstić information content (AvgIpc) is 2.66. The van der Waals surface area contributed by atoms with Gasteiger partial charge in [0.25, 0.3) is 0 Å². The first-order valence-electron chi connectivity index (χ1n) is 5.83. The highest BCUT2D eigenvalue weighted by Gasteiger charge is 2.26. The Kier molecular flexibility index (Phi) is 3.59. The zero-order valence-corrected chi connectivity index (χ0v) is 9.37. The zero-order chi connectivity index (χ0) is 10.7. The second-order valence-corrected chi connectivity index (χ2v) is 4.55. The van der Waals surface area contributed by atoms with Gasteiger partial charge in [0.1, 0.15) is 0 Å². The van der Waals surface area contributed by atoms with Crippen molar-refractivity contribution in [1.29, 1.82) is 0 Å². The van der Waals surface area contributed by atoms with Crippen molar-refractivity contribution in [3.8, 4) is 0 Å². The molecule has 2 atom stereocenters. The molecule has 0 aromatic rings. The molecule has 2 aliphatic heterocycles. The van der Waals surface area contributed by atoms with Gasteiger partial charge in [-0.25, -0.2) is 0 Å². The summed E-state index contributed by atoms with van der Waals surface area (Å²) in [6.45, 7) is 3.37. The molecule has 0 saturated carbocycles. The molecule has 2 saturated heterocycles. The molecular formula is C11H20N2O2. The van der Waals surface area contributed by atoms with E-state index in [1.807, 2.05) is 11.9 Å². The Bertz CT molecular complexity index is 223. The molecule has 1 N–H and O–H groups in total. The molecule has 4 heteroatoms. The molecule has 0 spiro atoms. The molecule has 0 aromatic heterocycles. The number of hydrogen-bond donors (Lipinski definition) is 1. The summed E-state index contributed by atoms with van der Waals surface area (Å²) in [7, 11) is 1.90. The minimum absolute atomic E-state index is 0.115. The van der Waals surface area contributed by atoms with Gasteiger partial charge in [-0.2, -0.15) is 0 Å². The summed E-state index contributed by atoms with van der Waals surface area (Å²) in [5, 5.41) is 3.35. The number of nitrogens with zero attached hydrogens (tertiary/aromatic N) is 1. The predicted molar refractivity (Wildman–Crippen MR) is 57.6 cm³/mol. The van der Waals surface area contributed by atoms with Gasteiger partial charge in [0.2, 0.25) is 5.91 Å². The molecule has 2 rings (SSSR count). The number of amides is 1. The first-order valence-corrected chi connectivity index (χ1v) is 5.83. The van der Waals surface area contributed by atoms with Crippen molar-refractivity contribution in [3.63, 3.8) is 0 Å². The lowest BCUT2D eigenvalue weighted by molar-refractivity contribution is -0.134. The third-order valence-corrected chi connectivity index (χ3v) is 3.39. The van der Waals surface area contributed by atoms with E-state index in [1.165, 1.54) is 6.42 Å². The van der Waals surface area contributed by atoms with Gasteiger partial charge in [-0.1, -0.05) is 0 Å². The molecule has 4 nitrogen and oxygen atoms in total. The van der Waals surface area contributed by atoms with Gasteiger partial charge in [-0.3, -0.25) is 4.79 Å². The Balaban J connectivity index is 1.68. The lowest BCUT2D eigenvalue weighted by Crippen LogP contribution is -2.45. The van der Waals surface area contributed by atoms with Crippen LogP contribution in [0.3, 0.4) is 0 Å². The second-order valence-electron chi connectivity index (χ2n) is 4.55. The number of carbonyl (C=O) groups is 1. The normalized spacial score (nSPS) is 29.9. The van der Waals surface area contributed by atoms with E-state index in [4.69, 9.17) is 4.74 Å². The van der Waals surface area contributed by atoms with E-state index in [9.17, 15) is 4.79 Å². The number of ether oxygens (including phenoxy) is 1. The number of nitrogens with one attached hydrogen (secondary N) is 1. The molecule has 0 bridgehead atoms. The highest BCUT2D eigenvalue weighted by molar-refractivity contribution is 5.78. The lowest BCUT2D eigenvalue weighted by Gasteiger charge is -2.30. The van der Waals surface area contributed by atoms with Crippen molar-refractivity contribution in [2.24, 2.45) is 5.92 Å². The number of carbonyl (C=O) groups excluding carboxylic acids is 1. The average molecular weight is 212 g/mol. The number of rotatable bonds is 4. The Morgan fingerprint density at radius 3 is 2.87 bits per heavy atom. The van der Waals surface area contributed by atoms with Gasteiger partial charge < -0.3 is 15.0 Å². The van der Waals surface area contributed by atoms with Crippen LogP contribution in [0.5, 0.6) is 0 Å². The monoisotopic (exact) mass is 212 g/mol. The van der Waals surface area contributed by atoms with Crippen LogP contribution in [0.4, 0.5) is 0 Å². The van der Waals surface area contributed by atoms with Crippen LogP contribution >= 0.6 is 0 Å². The van der Waals surface area contributed by atoms with Crippen LogP contribution in [0.25, 0.3) is 0 Å². The van der Waals surface area contributed by atoms with Crippen LogP contribution in [0.15, 0.2) is 0 Å². The van der Waals surface area contributed by atoms with Crippen LogP contribution in [0.2, 0.25) is 0 Å². The Labute approximate surface area is 91.0 Å². The van der Waals surface area contributed by atoms with Crippen molar-refractivity contribution in [2.75, 3.05) is 33.4 Å². The first-order chi connectivity index (χ1) is 7.27. The van der Waals surface area contributed by atoms with Gasteiger partial charge in [0.05, 0.1) is 12.5 Å². The molecule has 2 aliphatic rings. The summed E-state index contributed by atoms with van der Waals surface area (Å²) in [4.78, 5) is 13.8. The van der Waals surface area contributed by atoms with E-state index in [0.29, 0.717) is 12.6 Å². The summed E-state index contributed by atoms with van der Waals surface area (Å²) in [5.74, 6) is 0.371. The maximum atomic E-state index is 11.9. The molecular weight excluding hydrogens is 192 g/mol. The standard InChI is InChI=1S/C11H20N2O2/c1-13(6-3-10-2-5-12-10)11(14)9-4-7-15-8-9/h9-10,12H,2-8H2,1H3. The molecule has 86 valence electrons. The largest absolute Gasteiger partial charge is 0.381 e. The fourth-order valence-corrected chi connectivity index (χ4v) is 2.10. The van der Waals surface area contributed by atoms with Crippen LogP contribution in [-0.4, -0.2) is 50.2 Å². The molecule has 0 aromatic carbocycles. The van der Waals surface area contributed by atoms with Crippen molar-refractivity contribution in [1.82, 2.24) is 10.2 Å². The Morgan fingerprint density at radius 2 is 2.33 bits per heavy atom. The SMILES string of the molecule is CN(CCC1CCN1)C(=O)C1CCOC1. The summed E-state index contributed by atoms with van der Waals surface area (Å²) in [5.41, 5.74) is 0. The second kappa shape index (κ2) is 4.94. The van der Waals surface area contributed by atoms with E-state index < -0.39 is 0 Å². The van der Waals surface area contributed by atoms with E-state index in [0.717, 1.165) is 32.5 Å². The highest BCUT2D eigenvalue weighted by atomic mass is 16.5. The first kappa shape index (κ1) is 10.9. The molecule has 2 fully saturated rings. The van der Waals surface area contributed by atoms with Crippen molar-refractivity contribution in [3.05, 3.63) is 0 Å². The zero-order valence-electron chi connectivity index (χ0n) is 9.37. The summed E-state index contributed by atoms with van der Waals surface area (Å²) < 4.78 is 5.23. The van der Waals surface area contributed by atoms with E-state index in [1.54, 1.807) is 0 Å². The fourth-order valence-electron chi connectivity index (χ4n) is 2.10. The Hall–Kier alpha value is -0.610. The van der Waals surface area contributed by atoms with Crippen molar-refractivity contribution >= 4 is 5.91 Å². The molecule has 2 heterocycles. The topological polar surface area (TPSA) is 41.6 Å². The maximum Gasteiger partial charge on any atom is 0.227 e. The van der Waals surface area contributed by atoms with Gasteiger partial charge in [0.15, 0.2) is 0 Å². The van der Waals surface area contributed by atoms with Crippen LogP contribution in [0, 0.1) is 5.92 Å². The lowest BCUT2D eigenvalue weighted by atomic mass is 10.0. The third kappa shape index (κ3) is 2.69. The molecule has 0 aliphatic carbocycles. The number of hydrogen-bond acceptors (Lipinski definition) is 3. The van der Waals surface area contributed by atoms with Gasteiger partial charge in [-0.05, 0) is 25.8 Å². The smallest absolute Gasteiger partial charge is 0.227 e. The molecule has 15 heavy (non-hydrogen) atoms. The summed E-state index contributed by atoms with van der Waals surface area (Å²) >= 11 is 0. The molecule has 1 amide bonds. The summed E-state index contributed by atoms with van der Waals surface area (Å²) in [6.07, 6.45) is 3.23. The third-order valence-electron chi connectivity index (χ3n) is 3.39. The van der Waals surface area contributed by atoms with E-state index in [2.05, 4.69) is 5.32 Å². The minimum atomic E-state index is 0.115.